The summed E-state index contributed by atoms with van der Waals surface area (Å²) in [6.07, 6.45) is 65.5. The van der Waals surface area contributed by atoms with E-state index in [4.69, 9.17) is 14.9 Å². The molecule has 9 nitrogen and oxygen atoms in total. The van der Waals surface area contributed by atoms with E-state index in [9.17, 15) is 19.2 Å². The smallest absolute Gasteiger partial charge is 0.328 e. The fourth-order valence-corrected chi connectivity index (χ4v) is 6.50. The molecule has 9 heteroatoms. The minimum absolute atomic E-state index is 0.0966. The van der Waals surface area contributed by atoms with Crippen molar-refractivity contribution >= 4 is 23.8 Å². The van der Waals surface area contributed by atoms with E-state index in [-0.39, 0.29) is 30.9 Å². The number of carbonyl (C=O) groups is 4. The van der Waals surface area contributed by atoms with Gasteiger partial charge in [-0.2, -0.15) is 0 Å². The second-order valence-electron chi connectivity index (χ2n) is 16.2. The molecule has 2 unspecified atom stereocenters. The minimum atomic E-state index is -1.39. The van der Waals surface area contributed by atoms with Crippen LogP contribution in [-0.4, -0.2) is 59.3 Å². The summed E-state index contributed by atoms with van der Waals surface area (Å²) in [5.41, 5.74) is 0. The Balaban J connectivity index is 4.48. The molecule has 0 heterocycles. The third kappa shape index (κ3) is 44.1. The van der Waals surface area contributed by atoms with Crippen molar-refractivity contribution in [2.45, 2.75) is 199 Å². The Morgan fingerprint density at radius 2 is 0.922 bits per heavy atom. The summed E-state index contributed by atoms with van der Waals surface area (Å²) in [6.45, 7) is 3.34. The molecule has 0 aliphatic carbocycles. The van der Waals surface area contributed by atoms with Crippen molar-refractivity contribution in [3.63, 3.8) is 0 Å². The van der Waals surface area contributed by atoms with E-state index in [0.717, 1.165) is 122 Å². The summed E-state index contributed by atoms with van der Waals surface area (Å²) < 4.78 is 6.00. The first kappa shape index (κ1) is 59.5. The molecule has 2 amide bonds. The van der Waals surface area contributed by atoms with Gasteiger partial charge in [0.05, 0.1) is 13.2 Å². The number of unbranched alkanes of at least 4 members (excludes halogenated alkanes) is 11. The molecule has 0 rings (SSSR count). The van der Waals surface area contributed by atoms with Crippen LogP contribution in [0.2, 0.25) is 0 Å². The lowest BCUT2D eigenvalue weighted by molar-refractivity contribution is -0.150. The predicted octanol–water partition coefficient (Wildman–Crippen LogP) is 13.2. The van der Waals surface area contributed by atoms with Crippen LogP contribution in [0.1, 0.15) is 187 Å². The van der Waals surface area contributed by atoms with Crippen LogP contribution >= 0.6 is 0 Å². The van der Waals surface area contributed by atoms with Crippen molar-refractivity contribution in [1.29, 1.82) is 0 Å². The number of carboxylic acid groups (broad SMARTS) is 1. The maximum atomic E-state index is 12.8. The van der Waals surface area contributed by atoms with Gasteiger partial charge in [-0.3, -0.25) is 14.4 Å². The molecule has 0 aromatic rings. The summed E-state index contributed by atoms with van der Waals surface area (Å²) in [7, 11) is 0. The lowest BCUT2D eigenvalue weighted by Crippen LogP contribution is -2.47. The first-order chi connectivity index (χ1) is 31.3. The van der Waals surface area contributed by atoms with Crippen molar-refractivity contribution in [1.82, 2.24) is 10.6 Å². The summed E-state index contributed by atoms with van der Waals surface area (Å²) in [6, 6.07) is -1.39. The highest BCUT2D eigenvalue weighted by Crippen LogP contribution is 2.17. The summed E-state index contributed by atoms with van der Waals surface area (Å²) >= 11 is 0. The highest BCUT2D eigenvalue weighted by Gasteiger charge is 2.19. The number of rotatable bonds is 43. The zero-order chi connectivity index (χ0) is 46.8. The van der Waals surface area contributed by atoms with Gasteiger partial charge in [-0.05, 0) is 116 Å². The van der Waals surface area contributed by atoms with E-state index >= 15 is 0 Å². The zero-order valence-corrected chi connectivity index (χ0v) is 40.0. The molecule has 0 bridgehead atoms. The van der Waals surface area contributed by atoms with Gasteiger partial charge < -0.3 is 25.6 Å². The van der Waals surface area contributed by atoms with E-state index in [0.29, 0.717) is 12.8 Å². The number of aliphatic hydroxyl groups is 1. The van der Waals surface area contributed by atoms with Crippen LogP contribution in [-0.2, 0) is 23.9 Å². The van der Waals surface area contributed by atoms with Crippen molar-refractivity contribution in [2.75, 3.05) is 13.2 Å². The molecular formula is C55H88N2O7. The Bertz CT molecular complexity index is 1440. The molecule has 2 atom stereocenters. The number of carboxylic acids is 1. The van der Waals surface area contributed by atoms with E-state index in [1.54, 1.807) is 0 Å². The Hall–Kier alpha value is -4.50. The molecule has 0 saturated carbocycles. The second kappa shape index (κ2) is 48.0. The standard InChI is InChI=1S/C55H88N2O7/c1-3-5-7-9-11-13-15-17-18-19-20-21-22-23-24-25-26-28-30-32-34-39-43-47-54(61)64-50(44-40-36-33-31-29-27-16-14-12-10-8-6-4-2)45-41-37-35-38-42-46-52(59)56-48-53(60)57-51(49-58)55(62)63/h5,7,11,13,16-18,20-21,23-24,26-28,31-34,50-51,58H,3-4,6,8-10,12,14-15,19,22,25,29-30,35-49H2,1-2H3,(H,56,59)(H,57,60)(H,62,63)/b7-5-,13-11-,18-17-,21-20-,24-23-,27-16-,28-26-,33-31-,34-32-. The molecule has 0 fully saturated rings. The topological polar surface area (TPSA) is 142 Å². The highest BCUT2D eigenvalue weighted by atomic mass is 16.5. The van der Waals surface area contributed by atoms with Gasteiger partial charge in [0.1, 0.15) is 12.1 Å². The maximum Gasteiger partial charge on any atom is 0.328 e. The van der Waals surface area contributed by atoms with Crippen molar-refractivity contribution in [3.05, 3.63) is 109 Å². The van der Waals surface area contributed by atoms with Crippen molar-refractivity contribution < 1.29 is 34.1 Å². The molecule has 0 spiro atoms. The van der Waals surface area contributed by atoms with E-state index in [2.05, 4.69) is 134 Å². The van der Waals surface area contributed by atoms with Gasteiger partial charge >= 0.3 is 11.9 Å². The average Bonchev–Trinajstić information content (AvgIpc) is 3.28. The van der Waals surface area contributed by atoms with Crippen LogP contribution in [0.25, 0.3) is 0 Å². The molecule has 0 radical (unpaired) electrons. The van der Waals surface area contributed by atoms with Crippen molar-refractivity contribution in [3.8, 4) is 0 Å². The lowest BCUT2D eigenvalue weighted by Gasteiger charge is -2.18. The van der Waals surface area contributed by atoms with E-state index in [1.165, 1.54) is 32.1 Å². The SMILES string of the molecule is CC/C=C\C/C=C\C/C=C\C/C=C\C/C=C\C/C=C\C/C=C\CCCC(=O)OC(CCC/C=C\C/C=C\CCCCCCC)CCCCCCCC(=O)NCC(=O)NC(CO)C(=O)O. The number of allylic oxidation sites excluding steroid dienone is 18. The van der Waals surface area contributed by atoms with Crippen LogP contribution in [0.4, 0.5) is 0 Å². The lowest BCUT2D eigenvalue weighted by atomic mass is 10.0. The predicted molar refractivity (Wildman–Crippen MR) is 268 cm³/mol. The molecule has 0 aliphatic rings. The summed E-state index contributed by atoms with van der Waals surface area (Å²) in [5, 5.41) is 22.6. The normalized spacial score (nSPS) is 13.4. The number of esters is 1. The van der Waals surface area contributed by atoms with Crippen LogP contribution < -0.4 is 10.6 Å². The van der Waals surface area contributed by atoms with Gasteiger partial charge in [0.2, 0.25) is 11.8 Å². The molecule has 0 aromatic heterocycles. The second-order valence-corrected chi connectivity index (χ2v) is 16.2. The Kier molecular flexibility index (Phi) is 44.6. The van der Waals surface area contributed by atoms with Crippen LogP contribution in [0.3, 0.4) is 0 Å². The average molecular weight is 889 g/mol. The number of aliphatic carboxylic acids is 1. The molecule has 0 aromatic carbocycles. The number of hydrogen-bond acceptors (Lipinski definition) is 6. The first-order valence-electron chi connectivity index (χ1n) is 24.8. The number of hydrogen-bond donors (Lipinski definition) is 4. The number of carbonyl (C=O) groups excluding carboxylic acids is 3. The molecule has 0 saturated heterocycles. The van der Waals surface area contributed by atoms with Crippen LogP contribution in [0, 0.1) is 0 Å². The summed E-state index contributed by atoms with van der Waals surface area (Å²) in [5.74, 6) is -2.41. The molecule has 4 N–H and O–H groups in total. The fourth-order valence-electron chi connectivity index (χ4n) is 6.50. The van der Waals surface area contributed by atoms with E-state index in [1.807, 2.05) is 0 Å². The Morgan fingerprint density at radius 3 is 1.44 bits per heavy atom. The monoisotopic (exact) mass is 889 g/mol. The Labute approximate surface area is 389 Å². The van der Waals surface area contributed by atoms with Gasteiger partial charge in [0.25, 0.3) is 0 Å². The number of amides is 2. The van der Waals surface area contributed by atoms with Crippen LogP contribution in [0.15, 0.2) is 109 Å². The van der Waals surface area contributed by atoms with Gasteiger partial charge in [-0.1, -0.05) is 168 Å². The van der Waals surface area contributed by atoms with Crippen LogP contribution in [0.5, 0.6) is 0 Å². The first-order valence-corrected chi connectivity index (χ1v) is 24.8. The molecule has 360 valence electrons. The van der Waals surface area contributed by atoms with E-state index < -0.39 is 24.5 Å². The molecular weight excluding hydrogens is 801 g/mol. The molecule has 0 aliphatic heterocycles. The third-order valence-corrected chi connectivity index (χ3v) is 10.3. The van der Waals surface area contributed by atoms with Gasteiger partial charge in [-0.25, -0.2) is 4.79 Å². The van der Waals surface area contributed by atoms with Crippen molar-refractivity contribution in [2.24, 2.45) is 0 Å². The number of nitrogens with one attached hydrogen (secondary N) is 2. The zero-order valence-electron chi connectivity index (χ0n) is 40.0. The maximum absolute atomic E-state index is 12.8. The fraction of sp³-hybridized carbons (Fsp3) is 0.600. The number of aliphatic hydroxyl groups excluding tert-OH is 1. The molecule has 64 heavy (non-hydrogen) atoms. The quantitative estimate of drug-likeness (QED) is 0.0271. The van der Waals surface area contributed by atoms with Gasteiger partial charge in [0.15, 0.2) is 0 Å². The van der Waals surface area contributed by atoms with Gasteiger partial charge in [-0.15, -0.1) is 0 Å². The minimum Gasteiger partial charge on any atom is -0.480 e. The highest BCUT2D eigenvalue weighted by molar-refractivity contribution is 5.87. The number of ether oxygens (including phenoxy) is 1. The largest absolute Gasteiger partial charge is 0.480 e. The third-order valence-electron chi connectivity index (χ3n) is 10.3. The Morgan fingerprint density at radius 1 is 0.484 bits per heavy atom. The van der Waals surface area contributed by atoms with Gasteiger partial charge in [0, 0.05) is 12.8 Å². The summed E-state index contributed by atoms with van der Waals surface area (Å²) in [4.78, 5) is 47.7.